The van der Waals surface area contributed by atoms with Gasteiger partial charge >= 0.3 is 0 Å². The molecule has 10 heavy (non-hydrogen) atoms. The maximum atomic E-state index is 3.67. The SMILES string of the molecule is CC1CCNCC2(CC2)N1. The molecule has 1 saturated carbocycles. The first-order valence-electron chi connectivity index (χ1n) is 4.29. The van der Waals surface area contributed by atoms with E-state index >= 15 is 0 Å². The van der Waals surface area contributed by atoms with E-state index in [4.69, 9.17) is 0 Å². The normalized spacial score (nSPS) is 37.5. The van der Waals surface area contributed by atoms with E-state index in [0.717, 1.165) is 6.04 Å². The Labute approximate surface area is 62.4 Å². The van der Waals surface area contributed by atoms with E-state index < -0.39 is 0 Å². The van der Waals surface area contributed by atoms with Crippen molar-refractivity contribution in [2.24, 2.45) is 0 Å². The third-order valence-electron chi connectivity index (χ3n) is 2.62. The quantitative estimate of drug-likeness (QED) is 0.511. The summed E-state index contributed by atoms with van der Waals surface area (Å²) >= 11 is 0. The average Bonchev–Trinajstić information content (AvgIpc) is 2.64. The molecule has 1 saturated heterocycles. The highest BCUT2D eigenvalue weighted by molar-refractivity contribution is 5.05. The van der Waals surface area contributed by atoms with Gasteiger partial charge in [0.1, 0.15) is 0 Å². The van der Waals surface area contributed by atoms with Gasteiger partial charge in [0.15, 0.2) is 0 Å². The van der Waals surface area contributed by atoms with Crippen LogP contribution in [0.15, 0.2) is 0 Å². The van der Waals surface area contributed by atoms with Crippen LogP contribution in [-0.4, -0.2) is 24.7 Å². The molecule has 1 heterocycles. The zero-order chi connectivity index (χ0) is 7.03. The second kappa shape index (κ2) is 2.21. The zero-order valence-corrected chi connectivity index (χ0v) is 6.61. The Morgan fingerprint density at radius 2 is 2.20 bits per heavy atom. The van der Waals surface area contributed by atoms with E-state index in [1.54, 1.807) is 0 Å². The Morgan fingerprint density at radius 3 is 2.90 bits per heavy atom. The highest BCUT2D eigenvalue weighted by atomic mass is 15.1. The Kier molecular flexibility index (Phi) is 1.46. The van der Waals surface area contributed by atoms with Crippen LogP contribution in [0.2, 0.25) is 0 Å². The molecule has 2 heteroatoms. The smallest absolute Gasteiger partial charge is 0.0309 e. The first-order valence-corrected chi connectivity index (χ1v) is 4.29. The zero-order valence-electron chi connectivity index (χ0n) is 6.61. The summed E-state index contributed by atoms with van der Waals surface area (Å²) in [5.74, 6) is 0. The van der Waals surface area contributed by atoms with Gasteiger partial charge in [-0.2, -0.15) is 0 Å². The van der Waals surface area contributed by atoms with Crippen molar-refractivity contribution >= 4 is 0 Å². The number of hydrogen-bond acceptors (Lipinski definition) is 2. The van der Waals surface area contributed by atoms with Crippen molar-refractivity contribution in [3.8, 4) is 0 Å². The van der Waals surface area contributed by atoms with Gasteiger partial charge in [0.2, 0.25) is 0 Å². The van der Waals surface area contributed by atoms with E-state index in [1.165, 1.54) is 32.4 Å². The van der Waals surface area contributed by atoms with E-state index in [-0.39, 0.29) is 0 Å². The average molecular weight is 140 g/mol. The topological polar surface area (TPSA) is 24.1 Å². The number of hydrogen-bond donors (Lipinski definition) is 2. The maximum absolute atomic E-state index is 3.67. The van der Waals surface area contributed by atoms with Gasteiger partial charge in [-0.05, 0) is 32.7 Å². The van der Waals surface area contributed by atoms with Crippen LogP contribution in [0.3, 0.4) is 0 Å². The first kappa shape index (κ1) is 6.62. The Balaban J connectivity index is 1.96. The summed E-state index contributed by atoms with van der Waals surface area (Å²) in [5.41, 5.74) is 0.524. The van der Waals surface area contributed by atoms with Gasteiger partial charge in [-0.3, -0.25) is 0 Å². The molecule has 1 unspecified atom stereocenters. The minimum absolute atomic E-state index is 0.524. The molecule has 0 radical (unpaired) electrons. The minimum atomic E-state index is 0.524. The summed E-state index contributed by atoms with van der Waals surface area (Å²) in [6.45, 7) is 4.67. The molecule has 1 atom stereocenters. The van der Waals surface area contributed by atoms with E-state index in [9.17, 15) is 0 Å². The maximum Gasteiger partial charge on any atom is 0.0309 e. The van der Waals surface area contributed by atoms with Gasteiger partial charge in [-0.1, -0.05) is 0 Å². The third kappa shape index (κ3) is 1.18. The lowest BCUT2D eigenvalue weighted by atomic mass is 10.2. The van der Waals surface area contributed by atoms with Gasteiger partial charge in [0, 0.05) is 18.1 Å². The summed E-state index contributed by atoms with van der Waals surface area (Å²) in [5, 5.41) is 7.13. The monoisotopic (exact) mass is 140 g/mol. The molecule has 2 rings (SSSR count). The second-order valence-electron chi connectivity index (χ2n) is 3.79. The fraction of sp³-hybridized carbons (Fsp3) is 1.00. The molecular weight excluding hydrogens is 124 g/mol. The van der Waals surface area contributed by atoms with Gasteiger partial charge in [-0.25, -0.2) is 0 Å². The van der Waals surface area contributed by atoms with Gasteiger partial charge in [-0.15, -0.1) is 0 Å². The van der Waals surface area contributed by atoms with Crippen LogP contribution >= 0.6 is 0 Å². The molecule has 2 fully saturated rings. The van der Waals surface area contributed by atoms with E-state index in [1.807, 2.05) is 0 Å². The van der Waals surface area contributed by atoms with Gasteiger partial charge < -0.3 is 10.6 Å². The third-order valence-corrected chi connectivity index (χ3v) is 2.62. The predicted octanol–water partition coefficient (Wildman–Crippen LogP) is 0.490. The molecule has 2 aliphatic rings. The Morgan fingerprint density at radius 1 is 1.40 bits per heavy atom. The van der Waals surface area contributed by atoms with Crippen LogP contribution in [0.5, 0.6) is 0 Å². The standard InChI is InChI=1S/C8H16N2/c1-7-2-5-9-6-8(10-7)3-4-8/h7,9-10H,2-6H2,1H3. The fourth-order valence-corrected chi connectivity index (χ4v) is 1.76. The first-order chi connectivity index (χ1) is 4.81. The summed E-state index contributed by atoms with van der Waals surface area (Å²) < 4.78 is 0. The van der Waals surface area contributed by atoms with Gasteiger partial charge in [0.05, 0.1) is 0 Å². The Bertz CT molecular complexity index is 129. The molecule has 0 aromatic rings. The van der Waals surface area contributed by atoms with Crippen molar-refractivity contribution in [1.29, 1.82) is 0 Å². The number of rotatable bonds is 0. The van der Waals surface area contributed by atoms with Crippen LogP contribution in [0.25, 0.3) is 0 Å². The van der Waals surface area contributed by atoms with Crippen molar-refractivity contribution in [3.63, 3.8) is 0 Å². The number of nitrogens with one attached hydrogen (secondary N) is 2. The molecule has 1 spiro atoms. The van der Waals surface area contributed by atoms with Crippen LogP contribution in [-0.2, 0) is 0 Å². The van der Waals surface area contributed by atoms with E-state index in [0.29, 0.717) is 5.54 Å². The van der Waals surface area contributed by atoms with Crippen LogP contribution in [0, 0.1) is 0 Å². The highest BCUT2D eigenvalue weighted by Crippen LogP contribution is 2.35. The lowest BCUT2D eigenvalue weighted by Gasteiger charge is -2.17. The Hall–Kier alpha value is -0.0800. The van der Waals surface area contributed by atoms with Crippen molar-refractivity contribution in [2.75, 3.05) is 13.1 Å². The molecule has 0 aromatic carbocycles. The van der Waals surface area contributed by atoms with Crippen molar-refractivity contribution < 1.29 is 0 Å². The molecule has 0 amide bonds. The van der Waals surface area contributed by atoms with Crippen LogP contribution in [0.4, 0.5) is 0 Å². The molecule has 0 aromatic heterocycles. The molecule has 0 bridgehead atoms. The molecule has 58 valence electrons. The summed E-state index contributed by atoms with van der Waals surface area (Å²) in [4.78, 5) is 0. The minimum Gasteiger partial charge on any atom is -0.315 e. The molecule has 2 nitrogen and oxygen atoms in total. The summed E-state index contributed by atoms with van der Waals surface area (Å²) in [6, 6.07) is 0.720. The van der Waals surface area contributed by atoms with Crippen molar-refractivity contribution in [1.82, 2.24) is 10.6 Å². The molecular formula is C8H16N2. The molecule has 1 aliphatic carbocycles. The largest absolute Gasteiger partial charge is 0.315 e. The van der Waals surface area contributed by atoms with Gasteiger partial charge in [0.25, 0.3) is 0 Å². The summed E-state index contributed by atoms with van der Waals surface area (Å²) in [6.07, 6.45) is 4.04. The fourth-order valence-electron chi connectivity index (χ4n) is 1.76. The van der Waals surface area contributed by atoms with Crippen molar-refractivity contribution in [2.45, 2.75) is 37.8 Å². The summed E-state index contributed by atoms with van der Waals surface area (Å²) in [7, 11) is 0. The second-order valence-corrected chi connectivity index (χ2v) is 3.79. The molecule has 1 aliphatic heterocycles. The predicted molar refractivity (Wildman–Crippen MR) is 42.0 cm³/mol. The lowest BCUT2D eigenvalue weighted by molar-refractivity contribution is 0.451. The lowest BCUT2D eigenvalue weighted by Crippen LogP contribution is -2.41. The van der Waals surface area contributed by atoms with Crippen LogP contribution in [0.1, 0.15) is 26.2 Å². The highest BCUT2D eigenvalue weighted by Gasteiger charge is 2.43. The van der Waals surface area contributed by atoms with Crippen molar-refractivity contribution in [3.05, 3.63) is 0 Å². The van der Waals surface area contributed by atoms with Crippen LogP contribution < -0.4 is 10.6 Å². The molecule has 2 N–H and O–H groups in total. The van der Waals surface area contributed by atoms with E-state index in [2.05, 4.69) is 17.6 Å².